The highest BCUT2D eigenvalue weighted by Gasteiger charge is 2.28. The van der Waals surface area contributed by atoms with Crippen LogP contribution in [0.3, 0.4) is 0 Å². The quantitative estimate of drug-likeness (QED) is 0.150. The fourth-order valence-corrected chi connectivity index (χ4v) is 6.85. The van der Waals surface area contributed by atoms with E-state index in [-0.39, 0.29) is 12.5 Å². The van der Waals surface area contributed by atoms with Crippen molar-refractivity contribution in [3.05, 3.63) is 83.4 Å². The van der Waals surface area contributed by atoms with Gasteiger partial charge in [-0.2, -0.15) is 0 Å². The van der Waals surface area contributed by atoms with Crippen LogP contribution in [0.15, 0.2) is 66.7 Å². The monoisotopic (exact) mass is 612 g/mol. The number of methoxy groups -OCH3 is 2. The fraction of sp³-hybridized carbons (Fsp3) is 0.406. The molecule has 10 nitrogen and oxygen atoms in total. The molecule has 6 N–H and O–H groups in total. The van der Waals surface area contributed by atoms with E-state index in [2.05, 4.69) is 16.0 Å². The molecule has 1 aliphatic heterocycles. The maximum Gasteiger partial charge on any atom is 0.251 e. The minimum atomic E-state index is -2.96. The summed E-state index contributed by atoms with van der Waals surface area (Å²) in [6.45, 7) is 3.80. The van der Waals surface area contributed by atoms with Crippen LogP contribution in [-0.2, 0) is 13.0 Å². The van der Waals surface area contributed by atoms with Crippen molar-refractivity contribution in [3.63, 3.8) is 0 Å². The highest BCUT2D eigenvalue weighted by Crippen LogP contribution is 2.50. The SMILES string of the molecule is CCNc1cc(C(=O)N[C@@H](Cc2ccccc2)[C@@H](O)CNCc2cc(OC)cc(OC)c2)cc(N2CCCCS2(O)O)c1. The number of nitrogens with zero attached hydrogens (tertiary/aromatic N) is 1. The molecule has 0 bridgehead atoms. The minimum Gasteiger partial charge on any atom is -0.497 e. The van der Waals surface area contributed by atoms with Gasteiger partial charge in [-0.3, -0.25) is 18.2 Å². The Bertz CT molecular complexity index is 1320. The maximum absolute atomic E-state index is 13.7. The first-order chi connectivity index (χ1) is 20.7. The molecule has 0 aliphatic carbocycles. The second kappa shape index (κ2) is 15.3. The smallest absolute Gasteiger partial charge is 0.251 e. The Labute approximate surface area is 255 Å². The summed E-state index contributed by atoms with van der Waals surface area (Å²) in [4.78, 5) is 13.7. The Morgan fingerprint density at radius 3 is 2.35 bits per heavy atom. The normalized spacial score (nSPS) is 16.6. The van der Waals surface area contributed by atoms with E-state index >= 15 is 0 Å². The number of amides is 1. The molecule has 234 valence electrons. The van der Waals surface area contributed by atoms with Gasteiger partial charge in [0.1, 0.15) is 11.5 Å². The van der Waals surface area contributed by atoms with Crippen LogP contribution < -0.4 is 29.7 Å². The molecule has 3 aromatic rings. The Morgan fingerprint density at radius 1 is 0.977 bits per heavy atom. The first-order valence-electron chi connectivity index (χ1n) is 14.6. The molecule has 1 heterocycles. The molecule has 0 saturated carbocycles. The average molecular weight is 613 g/mol. The first kappa shape index (κ1) is 32.4. The van der Waals surface area contributed by atoms with Gasteiger partial charge < -0.3 is 30.5 Å². The van der Waals surface area contributed by atoms with Crippen molar-refractivity contribution in [1.29, 1.82) is 0 Å². The number of nitrogens with one attached hydrogen (secondary N) is 3. The van der Waals surface area contributed by atoms with Crippen LogP contribution in [0.1, 0.15) is 41.3 Å². The largest absolute Gasteiger partial charge is 0.497 e. The van der Waals surface area contributed by atoms with Gasteiger partial charge in [-0.1, -0.05) is 30.3 Å². The van der Waals surface area contributed by atoms with E-state index in [1.165, 1.54) is 0 Å². The van der Waals surface area contributed by atoms with Crippen molar-refractivity contribution in [2.24, 2.45) is 0 Å². The number of carbonyl (C=O) groups is 1. The number of aliphatic hydroxyl groups excluding tert-OH is 1. The molecule has 0 unspecified atom stereocenters. The van der Waals surface area contributed by atoms with Gasteiger partial charge in [0.15, 0.2) is 0 Å². The first-order valence-corrected chi connectivity index (χ1v) is 16.3. The lowest BCUT2D eigenvalue weighted by Gasteiger charge is -2.47. The Morgan fingerprint density at radius 2 is 1.70 bits per heavy atom. The Balaban J connectivity index is 1.52. The number of benzene rings is 3. The molecular weight excluding hydrogens is 568 g/mol. The standard InChI is InChI=1S/C32H44N4O6S/c1-4-34-26-17-25(18-27(19-26)36-12-8-9-13-43(36,39)40)32(38)35-30(16-23-10-6-5-7-11-23)31(37)22-33-21-24-14-28(41-2)20-29(15-24)42-3/h5-7,10-11,14-15,17-20,30-31,33-34,37,39-40H,4,8-9,12-13,16,21-22H2,1-3H3,(H,35,38)/t30-,31-/m0/s1. The van der Waals surface area contributed by atoms with E-state index in [1.54, 1.807) is 36.7 Å². The van der Waals surface area contributed by atoms with E-state index < -0.39 is 22.9 Å². The highest BCUT2D eigenvalue weighted by molar-refractivity contribution is 8.25. The predicted molar refractivity (Wildman–Crippen MR) is 174 cm³/mol. The third-order valence-corrected chi connectivity index (χ3v) is 9.34. The molecule has 43 heavy (non-hydrogen) atoms. The van der Waals surface area contributed by atoms with Gasteiger partial charge in [0.05, 0.1) is 37.8 Å². The van der Waals surface area contributed by atoms with E-state index in [4.69, 9.17) is 9.47 Å². The van der Waals surface area contributed by atoms with Gasteiger partial charge in [-0.05, 0) is 67.6 Å². The van der Waals surface area contributed by atoms with Crippen molar-refractivity contribution in [2.45, 2.75) is 44.9 Å². The van der Waals surface area contributed by atoms with Crippen molar-refractivity contribution >= 4 is 28.1 Å². The predicted octanol–water partition coefficient (Wildman–Crippen LogP) is 4.89. The second-order valence-corrected chi connectivity index (χ2v) is 12.7. The van der Waals surface area contributed by atoms with Crippen molar-refractivity contribution in [1.82, 2.24) is 10.6 Å². The summed E-state index contributed by atoms with van der Waals surface area (Å²) in [5.41, 5.74) is 3.58. The lowest BCUT2D eigenvalue weighted by molar-refractivity contribution is 0.0830. The molecular formula is C32H44N4O6S. The van der Waals surface area contributed by atoms with Gasteiger partial charge in [-0.15, -0.1) is 10.8 Å². The van der Waals surface area contributed by atoms with Gasteiger partial charge >= 0.3 is 0 Å². The van der Waals surface area contributed by atoms with E-state index in [1.807, 2.05) is 55.5 Å². The summed E-state index contributed by atoms with van der Waals surface area (Å²) in [6.07, 6.45) is 1.11. The number of hydrogen-bond acceptors (Lipinski definition) is 9. The summed E-state index contributed by atoms with van der Waals surface area (Å²) < 4.78 is 33.8. The highest BCUT2D eigenvalue weighted by atomic mass is 32.3. The van der Waals surface area contributed by atoms with Crippen LogP contribution in [0.5, 0.6) is 11.5 Å². The number of carbonyl (C=O) groups excluding carboxylic acids is 1. The molecule has 4 rings (SSSR count). The molecule has 0 aromatic heterocycles. The van der Waals surface area contributed by atoms with Gasteiger partial charge in [-0.25, -0.2) is 0 Å². The van der Waals surface area contributed by atoms with Crippen LogP contribution in [0.25, 0.3) is 0 Å². The molecule has 3 aromatic carbocycles. The number of rotatable bonds is 14. The summed E-state index contributed by atoms with van der Waals surface area (Å²) in [6, 6.07) is 20.0. The Hall–Kier alpha value is -3.48. The van der Waals surface area contributed by atoms with Crippen LogP contribution >= 0.6 is 10.8 Å². The van der Waals surface area contributed by atoms with Crippen LogP contribution in [0.2, 0.25) is 0 Å². The number of aliphatic hydroxyl groups is 1. The van der Waals surface area contributed by atoms with E-state index in [9.17, 15) is 19.0 Å². The van der Waals surface area contributed by atoms with Crippen molar-refractivity contribution in [3.8, 4) is 11.5 Å². The van der Waals surface area contributed by atoms with E-state index in [0.717, 1.165) is 24.0 Å². The summed E-state index contributed by atoms with van der Waals surface area (Å²) in [7, 11) is 0.237. The molecule has 1 aliphatic rings. The number of hydrogen-bond donors (Lipinski definition) is 6. The van der Waals surface area contributed by atoms with Crippen LogP contribution in [-0.4, -0.2) is 71.9 Å². The molecule has 1 fully saturated rings. The van der Waals surface area contributed by atoms with Gasteiger partial charge in [0.2, 0.25) is 0 Å². The average Bonchev–Trinajstić information content (AvgIpc) is 3.00. The third-order valence-electron chi connectivity index (χ3n) is 7.40. The van der Waals surface area contributed by atoms with Gasteiger partial charge in [0, 0.05) is 43.5 Å². The zero-order valence-corrected chi connectivity index (χ0v) is 25.9. The van der Waals surface area contributed by atoms with Crippen LogP contribution in [0.4, 0.5) is 11.4 Å². The number of ether oxygens (including phenoxy) is 2. The lowest BCUT2D eigenvalue weighted by atomic mass is 10.00. The molecule has 1 saturated heterocycles. The second-order valence-electron chi connectivity index (χ2n) is 10.6. The topological polar surface area (TPSA) is 136 Å². The van der Waals surface area contributed by atoms with Crippen molar-refractivity contribution in [2.75, 3.05) is 49.2 Å². The maximum atomic E-state index is 13.7. The molecule has 0 spiro atoms. The zero-order valence-electron chi connectivity index (χ0n) is 25.1. The van der Waals surface area contributed by atoms with Crippen molar-refractivity contribution < 1.29 is 28.5 Å². The van der Waals surface area contributed by atoms with Gasteiger partial charge in [0.25, 0.3) is 5.91 Å². The summed E-state index contributed by atoms with van der Waals surface area (Å²) in [5, 5.41) is 20.9. The zero-order chi connectivity index (χ0) is 30.8. The molecule has 2 atom stereocenters. The summed E-state index contributed by atoms with van der Waals surface area (Å²) in [5.74, 6) is 1.31. The van der Waals surface area contributed by atoms with Crippen LogP contribution in [0, 0.1) is 0 Å². The summed E-state index contributed by atoms with van der Waals surface area (Å²) >= 11 is 0. The molecule has 0 radical (unpaired) electrons. The fourth-order valence-electron chi connectivity index (χ4n) is 5.18. The molecule has 1 amide bonds. The number of anilines is 2. The Kier molecular flexibility index (Phi) is 11.5. The van der Waals surface area contributed by atoms with E-state index in [0.29, 0.717) is 60.2 Å². The third kappa shape index (κ3) is 9.01. The molecule has 11 heteroatoms. The lowest BCUT2D eigenvalue weighted by Crippen LogP contribution is -2.48. The minimum absolute atomic E-state index is 0.231.